The van der Waals surface area contributed by atoms with Crippen LogP contribution in [0.25, 0.3) is 0 Å². The van der Waals surface area contributed by atoms with E-state index in [-0.39, 0.29) is 75.9 Å². The number of allylic oxidation sites excluding steroid dienone is 12. The molecule has 0 aliphatic carbocycles. The molecule has 0 bridgehead atoms. The molecule has 20 heteroatoms. The van der Waals surface area contributed by atoms with Crippen molar-refractivity contribution in [2.75, 3.05) is 20.8 Å². The standard InChI is InChI=1S/C53H82N2O18.C2H6/c1-8-27-69-51(65)55-46-48(63)36(5)70-50(49(46)64)71-40(22-20-18-16-14-12-10-9-11-13-15-17-19-21-33(2)47(62)34(3)35(4)67-6)30-43-45-44(72-52(66)54-45)32-53(68-7,73-43)31-39(59)29-42(61)41(60)24-23-37(57)28-38(58)25-26-56;1-2/h8-22,26,33-50,57-64H,1,23-25,27-32H2,2-7H3,(H,54,66)(H,55,65);1-2H3/b10-9+,13-11+,14-12+,17-15+,18-16+,21-19+,22-20+;. The minimum Gasteiger partial charge on any atom is -0.445 e. The molecule has 75 heavy (non-hydrogen) atoms. The molecular weight excluding hydrogens is 977 g/mol. The molecule has 3 aliphatic rings. The second kappa shape index (κ2) is 35.8. The summed E-state index contributed by atoms with van der Waals surface area (Å²) in [6.45, 7) is 14.8. The number of hydrogen-bond acceptors (Lipinski definition) is 18. The SMILES string of the molecule is C=CCOC(=O)NC1C(O)C(C)OC(OC(/C=C/C=C/C=C/C=C/C=C/C=C/C=C/C(C)C(O)C(C)C(C)OC)CC2OC(CC(O)CC(O)C(O)CCC(O)CC(O)CC=O)(OC)CC3OC(=O)NC32)C1O.CC. The Balaban J connectivity index is 0.00000950. The molecule has 19 atom stereocenters. The molecule has 0 aromatic rings. The van der Waals surface area contributed by atoms with Crippen molar-refractivity contribution in [2.24, 2.45) is 11.8 Å². The number of aldehydes is 1. The van der Waals surface area contributed by atoms with E-state index in [1.807, 2.05) is 89.3 Å². The molecule has 426 valence electrons. The third-order valence-corrected chi connectivity index (χ3v) is 13.2. The van der Waals surface area contributed by atoms with Crippen molar-refractivity contribution >= 4 is 18.5 Å². The average Bonchev–Trinajstić information content (AvgIpc) is 3.77. The number of carbonyl (C=O) groups excluding carboxylic acids is 3. The Hall–Kier alpha value is -4.39. The summed E-state index contributed by atoms with van der Waals surface area (Å²) in [6, 6.07) is -2.01. The van der Waals surface area contributed by atoms with Crippen LogP contribution < -0.4 is 10.6 Å². The second-order valence-electron chi connectivity index (χ2n) is 18.8. The number of rotatable bonds is 32. The first-order valence-electron chi connectivity index (χ1n) is 25.9. The second-order valence-corrected chi connectivity index (χ2v) is 18.8. The van der Waals surface area contributed by atoms with Gasteiger partial charge in [0.05, 0.1) is 73.1 Å². The van der Waals surface area contributed by atoms with Gasteiger partial charge < -0.3 is 89.4 Å². The monoisotopic (exact) mass is 1060 g/mol. The fourth-order valence-electron chi connectivity index (χ4n) is 8.66. The van der Waals surface area contributed by atoms with Crippen LogP contribution in [-0.4, -0.2) is 184 Å². The van der Waals surface area contributed by atoms with Gasteiger partial charge in [0.15, 0.2) is 12.1 Å². The van der Waals surface area contributed by atoms with Crippen LogP contribution in [0.5, 0.6) is 0 Å². The molecule has 0 radical (unpaired) electrons. The van der Waals surface area contributed by atoms with Gasteiger partial charge in [0.1, 0.15) is 31.2 Å². The van der Waals surface area contributed by atoms with Crippen LogP contribution in [0.3, 0.4) is 0 Å². The Bertz CT molecular complexity index is 1870. The number of alkyl carbamates (subject to hydrolysis) is 2. The van der Waals surface area contributed by atoms with Crippen molar-refractivity contribution in [3.8, 4) is 0 Å². The average molecular weight is 1070 g/mol. The summed E-state index contributed by atoms with van der Waals surface area (Å²) in [5, 5.41) is 90.9. The maximum Gasteiger partial charge on any atom is 0.407 e. The van der Waals surface area contributed by atoms with Gasteiger partial charge in [-0.25, -0.2) is 9.59 Å². The predicted octanol–water partition coefficient (Wildman–Crippen LogP) is 4.05. The van der Waals surface area contributed by atoms with E-state index < -0.39 is 110 Å². The molecule has 2 amide bonds. The molecule has 0 aromatic carbocycles. The Kier molecular flexibility index (Phi) is 31.9. The van der Waals surface area contributed by atoms with E-state index in [0.29, 0.717) is 6.29 Å². The van der Waals surface area contributed by atoms with Gasteiger partial charge >= 0.3 is 12.2 Å². The Labute approximate surface area is 443 Å². The van der Waals surface area contributed by atoms with Gasteiger partial charge in [-0.1, -0.05) is 125 Å². The maximum absolute atomic E-state index is 12.7. The Morgan fingerprint density at radius 3 is 2.01 bits per heavy atom. The number of hydrogen-bond donors (Lipinski definition) is 10. The van der Waals surface area contributed by atoms with E-state index in [9.17, 15) is 55.2 Å². The van der Waals surface area contributed by atoms with Gasteiger partial charge in [-0.05, 0) is 33.1 Å². The first-order chi connectivity index (χ1) is 35.8. The topological polar surface area (TPSA) is 302 Å². The minimum absolute atomic E-state index is 0.0129. The van der Waals surface area contributed by atoms with Crippen molar-refractivity contribution in [3.63, 3.8) is 0 Å². The molecule has 0 spiro atoms. The Morgan fingerprint density at radius 2 is 1.44 bits per heavy atom. The quantitative estimate of drug-likeness (QED) is 0.0258. The molecule has 0 saturated carbocycles. The van der Waals surface area contributed by atoms with Crippen LogP contribution in [-0.2, 0) is 38.0 Å². The van der Waals surface area contributed by atoms with E-state index in [2.05, 4.69) is 17.2 Å². The van der Waals surface area contributed by atoms with Crippen molar-refractivity contribution < 1.29 is 88.4 Å². The number of methoxy groups -OCH3 is 2. The van der Waals surface area contributed by atoms with Gasteiger partial charge in [-0.3, -0.25) is 0 Å². The number of amides is 2. The van der Waals surface area contributed by atoms with Crippen LogP contribution >= 0.6 is 0 Å². The normalized spacial score (nSPS) is 29.3. The zero-order valence-corrected chi connectivity index (χ0v) is 44.9. The summed E-state index contributed by atoms with van der Waals surface area (Å²) in [5.74, 6) is -1.65. The number of carbonyl (C=O) groups is 3. The highest BCUT2D eigenvalue weighted by Crippen LogP contribution is 2.40. The van der Waals surface area contributed by atoms with E-state index in [1.54, 1.807) is 37.5 Å². The summed E-state index contributed by atoms with van der Waals surface area (Å²) in [7, 11) is 2.98. The molecular formula is C55H88N2O18. The largest absolute Gasteiger partial charge is 0.445 e. The zero-order chi connectivity index (χ0) is 56.1. The summed E-state index contributed by atoms with van der Waals surface area (Å²) in [5.41, 5.74) is 0. The van der Waals surface area contributed by atoms with Gasteiger partial charge in [-0.15, -0.1) is 0 Å². The lowest BCUT2D eigenvalue weighted by molar-refractivity contribution is -0.307. The van der Waals surface area contributed by atoms with Gasteiger partial charge in [0.25, 0.3) is 0 Å². The molecule has 3 fully saturated rings. The molecule has 3 aliphatic heterocycles. The smallest absolute Gasteiger partial charge is 0.407 e. The lowest BCUT2D eigenvalue weighted by Gasteiger charge is -2.46. The fraction of sp³-hybridized carbons (Fsp3) is 0.655. The van der Waals surface area contributed by atoms with Gasteiger partial charge in [0, 0.05) is 58.2 Å². The van der Waals surface area contributed by atoms with Crippen LogP contribution in [0.15, 0.2) is 97.7 Å². The number of aliphatic hydroxyl groups excluding tert-OH is 8. The molecule has 10 N–H and O–H groups in total. The minimum atomic E-state index is -1.60. The van der Waals surface area contributed by atoms with E-state index in [1.165, 1.54) is 20.1 Å². The zero-order valence-electron chi connectivity index (χ0n) is 44.9. The van der Waals surface area contributed by atoms with Crippen LogP contribution in [0, 0.1) is 11.8 Å². The lowest BCUT2D eigenvalue weighted by Crippen LogP contribution is -2.64. The van der Waals surface area contributed by atoms with Crippen molar-refractivity contribution in [1.29, 1.82) is 0 Å². The predicted molar refractivity (Wildman–Crippen MR) is 281 cm³/mol. The van der Waals surface area contributed by atoms with Crippen molar-refractivity contribution in [3.05, 3.63) is 97.7 Å². The molecule has 3 saturated heterocycles. The fourth-order valence-corrected chi connectivity index (χ4v) is 8.66. The van der Waals surface area contributed by atoms with Crippen molar-refractivity contribution in [1.82, 2.24) is 10.6 Å². The molecule has 3 rings (SSSR count). The molecule has 3 heterocycles. The lowest BCUT2D eigenvalue weighted by atomic mass is 9.87. The first-order valence-corrected chi connectivity index (χ1v) is 25.9. The number of nitrogens with one attached hydrogen (secondary N) is 2. The highest BCUT2D eigenvalue weighted by molar-refractivity contribution is 5.70. The molecule has 20 nitrogen and oxygen atoms in total. The van der Waals surface area contributed by atoms with Crippen LogP contribution in [0.1, 0.15) is 92.9 Å². The van der Waals surface area contributed by atoms with E-state index in [0.717, 1.165) is 0 Å². The summed E-state index contributed by atoms with van der Waals surface area (Å²) >= 11 is 0. The number of fused-ring (bicyclic) bond motifs is 1. The summed E-state index contributed by atoms with van der Waals surface area (Å²) < 4.78 is 40.7. The third-order valence-electron chi connectivity index (χ3n) is 13.2. The first kappa shape index (κ1) is 66.7. The maximum atomic E-state index is 12.7. The van der Waals surface area contributed by atoms with Crippen LogP contribution in [0.2, 0.25) is 0 Å². The van der Waals surface area contributed by atoms with Gasteiger partial charge in [-0.2, -0.15) is 0 Å². The van der Waals surface area contributed by atoms with Crippen LogP contribution in [0.4, 0.5) is 9.59 Å². The van der Waals surface area contributed by atoms with E-state index in [4.69, 9.17) is 33.2 Å². The van der Waals surface area contributed by atoms with Gasteiger partial charge in [0.2, 0.25) is 0 Å². The number of aliphatic hydroxyl groups is 8. The molecule has 0 aromatic heterocycles. The highest BCUT2D eigenvalue weighted by atomic mass is 16.7. The van der Waals surface area contributed by atoms with E-state index >= 15 is 0 Å². The number of ether oxygens (including phenoxy) is 7. The summed E-state index contributed by atoms with van der Waals surface area (Å²) in [6.07, 6.45) is 10.0. The summed E-state index contributed by atoms with van der Waals surface area (Å²) in [4.78, 5) is 35.8. The highest BCUT2D eigenvalue weighted by Gasteiger charge is 2.54. The Morgan fingerprint density at radius 1 is 0.840 bits per heavy atom. The molecule has 19 unspecified atom stereocenters. The third kappa shape index (κ3) is 23.4. The van der Waals surface area contributed by atoms with Crippen molar-refractivity contribution in [2.45, 2.75) is 196 Å².